The summed E-state index contributed by atoms with van der Waals surface area (Å²) in [6, 6.07) is 7.27. The van der Waals surface area contributed by atoms with Crippen LogP contribution in [-0.4, -0.2) is 48.0 Å². The average molecular weight is 382 g/mol. The van der Waals surface area contributed by atoms with Crippen molar-refractivity contribution in [3.05, 3.63) is 41.6 Å². The van der Waals surface area contributed by atoms with Crippen molar-refractivity contribution in [1.82, 2.24) is 20.4 Å². The third kappa shape index (κ3) is 3.28. The van der Waals surface area contributed by atoms with E-state index in [1.807, 2.05) is 18.2 Å². The summed E-state index contributed by atoms with van der Waals surface area (Å²) in [5.74, 6) is 6.29. The zero-order valence-electron chi connectivity index (χ0n) is 15.8. The number of carbonyl (C=O) groups excluding carboxylic acids is 1. The van der Waals surface area contributed by atoms with Crippen molar-refractivity contribution in [3.63, 3.8) is 0 Å². The van der Waals surface area contributed by atoms with E-state index in [0.29, 0.717) is 33.5 Å². The fourth-order valence-electron chi connectivity index (χ4n) is 2.99. The monoisotopic (exact) mass is 382 g/mol. The van der Waals surface area contributed by atoms with Crippen molar-refractivity contribution in [2.24, 2.45) is 16.7 Å². The predicted molar refractivity (Wildman–Crippen MR) is 109 cm³/mol. The minimum absolute atomic E-state index is 0.201. The van der Waals surface area contributed by atoms with Crippen LogP contribution in [0.2, 0.25) is 0 Å². The molecule has 0 aliphatic heterocycles. The molecule has 2 aromatic heterocycles. The van der Waals surface area contributed by atoms with Crippen molar-refractivity contribution in [1.29, 1.82) is 0 Å². The third-order valence-electron chi connectivity index (χ3n) is 4.22. The van der Waals surface area contributed by atoms with E-state index >= 15 is 0 Å². The Hall–Kier alpha value is -3.79. The van der Waals surface area contributed by atoms with Crippen LogP contribution in [0.4, 0.5) is 5.82 Å². The molecular weight excluding hydrogens is 360 g/mol. The number of nitrogens with zero attached hydrogens (tertiary/aromatic N) is 3. The molecule has 0 radical (unpaired) electrons. The number of hydrogen-bond donors (Lipinski definition) is 5. The zero-order chi connectivity index (χ0) is 20.4. The SMILES string of the molecule is CNC(=O)c1cnc(N)c2[nH]c(-c3cccc(/C(N)=N/N(C)N)c3OC)cc12. The van der Waals surface area contributed by atoms with Gasteiger partial charge in [-0.2, -0.15) is 0 Å². The van der Waals surface area contributed by atoms with Crippen LogP contribution < -0.4 is 27.4 Å². The zero-order valence-corrected chi connectivity index (χ0v) is 15.8. The van der Waals surface area contributed by atoms with Gasteiger partial charge in [0.15, 0.2) is 5.84 Å². The number of aromatic amines is 1. The normalized spacial score (nSPS) is 11.5. The highest BCUT2D eigenvalue weighted by Crippen LogP contribution is 2.36. The van der Waals surface area contributed by atoms with Gasteiger partial charge < -0.3 is 26.5 Å². The van der Waals surface area contributed by atoms with Crippen molar-refractivity contribution < 1.29 is 9.53 Å². The number of nitrogens with one attached hydrogen (secondary N) is 2. The van der Waals surface area contributed by atoms with Gasteiger partial charge >= 0.3 is 0 Å². The molecule has 0 saturated carbocycles. The van der Waals surface area contributed by atoms with E-state index in [1.165, 1.54) is 13.3 Å². The maximum atomic E-state index is 12.2. The number of benzene rings is 1. The number of hydrazine groups is 1. The van der Waals surface area contributed by atoms with Crippen molar-refractivity contribution in [3.8, 4) is 17.0 Å². The van der Waals surface area contributed by atoms with Gasteiger partial charge in [0, 0.05) is 31.2 Å². The smallest absolute Gasteiger partial charge is 0.253 e. The Labute approximate surface area is 161 Å². The molecule has 10 nitrogen and oxygen atoms in total. The average Bonchev–Trinajstić information content (AvgIpc) is 3.12. The second kappa shape index (κ2) is 7.45. The van der Waals surface area contributed by atoms with Gasteiger partial charge in [-0.1, -0.05) is 6.07 Å². The van der Waals surface area contributed by atoms with E-state index in [-0.39, 0.29) is 17.6 Å². The lowest BCUT2D eigenvalue weighted by Gasteiger charge is -2.13. The Morgan fingerprint density at radius 1 is 1.36 bits per heavy atom. The molecule has 10 heteroatoms. The molecule has 0 unspecified atom stereocenters. The standard InChI is InChI=1S/C18H22N8O2/c1-22-18(27)12-8-23-17(20)14-11(12)7-13(24-14)9-5-4-6-10(15(9)28-3)16(19)25-26(2)21/h4-8,24H,21H2,1-3H3,(H2,19,25)(H2,20,23)(H,22,27). The lowest BCUT2D eigenvalue weighted by molar-refractivity contribution is 0.0964. The first-order chi connectivity index (χ1) is 13.4. The Kier molecular flexibility index (Phi) is 5.05. The van der Waals surface area contributed by atoms with E-state index in [0.717, 1.165) is 10.7 Å². The minimum atomic E-state index is -0.258. The van der Waals surface area contributed by atoms with Crippen LogP contribution in [-0.2, 0) is 0 Å². The number of carbonyl (C=O) groups is 1. The highest BCUT2D eigenvalue weighted by atomic mass is 16.5. The van der Waals surface area contributed by atoms with Crippen molar-refractivity contribution in [2.75, 3.05) is 26.9 Å². The Bertz CT molecular complexity index is 1070. The number of ether oxygens (including phenoxy) is 1. The number of hydrazone groups is 1. The number of amidine groups is 1. The molecule has 0 aliphatic rings. The summed E-state index contributed by atoms with van der Waals surface area (Å²) < 4.78 is 5.59. The van der Waals surface area contributed by atoms with Gasteiger partial charge in [0.25, 0.3) is 5.91 Å². The summed E-state index contributed by atoms with van der Waals surface area (Å²) in [6.07, 6.45) is 1.45. The minimum Gasteiger partial charge on any atom is -0.495 e. The van der Waals surface area contributed by atoms with Crippen LogP contribution in [0.1, 0.15) is 15.9 Å². The van der Waals surface area contributed by atoms with E-state index in [9.17, 15) is 4.79 Å². The molecule has 1 amide bonds. The molecule has 146 valence electrons. The molecular formula is C18H22N8O2. The quantitative estimate of drug-likeness (QED) is 0.187. The molecule has 28 heavy (non-hydrogen) atoms. The van der Waals surface area contributed by atoms with Crippen molar-refractivity contribution in [2.45, 2.75) is 0 Å². The van der Waals surface area contributed by atoms with Crippen LogP contribution in [0.5, 0.6) is 5.75 Å². The topological polar surface area (TPSA) is 161 Å². The van der Waals surface area contributed by atoms with Gasteiger partial charge in [0.2, 0.25) is 0 Å². The van der Waals surface area contributed by atoms with Gasteiger partial charge in [-0.15, -0.1) is 5.10 Å². The number of H-pyrrole nitrogens is 1. The summed E-state index contributed by atoms with van der Waals surface area (Å²) >= 11 is 0. The molecule has 8 N–H and O–H groups in total. The van der Waals surface area contributed by atoms with Crippen LogP contribution in [0.3, 0.4) is 0 Å². The van der Waals surface area contributed by atoms with Crippen LogP contribution in [0, 0.1) is 0 Å². The first-order valence-corrected chi connectivity index (χ1v) is 8.36. The number of pyridine rings is 1. The number of hydrogen-bond acceptors (Lipinski definition) is 7. The Morgan fingerprint density at radius 2 is 2.11 bits per heavy atom. The number of para-hydroxylation sites is 1. The van der Waals surface area contributed by atoms with Gasteiger partial charge in [-0.3, -0.25) is 4.79 Å². The molecule has 3 rings (SSSR count). The second-order valence-corrected chi connectivity index (χ2v) is 6.05. The number of rotatable bonds is 5. The van der Waals surface area contributed by atoms with E-state index in [1.54, 1.807) is 20.2 Å². The molecule has 0 saturated heterocycles. The summed E-state index contributed by atoms with van der Waals surface area (Å²) in [6.45, 7) is 0. The molecule has 2 heterocycles. The van der Waals surface area contributed by atoms with Crippen LogP contribution >= 0.6 is 0 Å². The van der Waals surface area contributed by atoms with Crippen LogP contribution in [0.15, 0.2) is 35.6 Å². The molecule has 0 fully saturated rings. The van der Waals surface area contributed by atoms with E-state index < -0.39 is 0 Å². The predicted octanol–water partition coefficient (Wildman–Crippen LogP) is 0.606. The maximum absolute atomic E-state index is 12.2. The summed E-state index contributed by atoms with van der Waals surface area (Å²) in [5, 5.41) is 8.40. The molecule has 0 aliphatic carbocycles. The van der Waals surface area contributed by atoms with Gasteiger partial charge in [-0.25, -0.2) is 15.9 Å². The number of nitrogens with two attached hydrogens (primary N) is 3. The number of methoxy groups -OCH3 is 1. The molecule has 1 aromatic carbocycles. The largest absolute Gasteiger partial charge is 0.495 e. The lowest BCUT2D eigenvalue weighted by atomic mass is 10.0. The third-order valence-corrected chi connectivity index (χ3v) is 4.22. The van der Waals surface area contributed by atoms with Crippen molar-refractivity contribution >= 4 is 28.5 Å². The van der Waals surface area contributed by atoms with Crippen LogP contribution in [0.25, 0.3) is 22.2 Å². The Morgan fingerprint density at radius 3 is 2.75 bits per heavy atom. The number of anilines is 1. The summed E-state index contributed by atoms with van der Waals surface area (Å²) in [5.41, 5.74) is 15.0. The van der Waals surface area contributed by atoms with Gasteiger partial charge in [0.1, 0.15) is 11.6 Å². The fourth-order valence-corrected chi connectivity index (χ4v) is 2.99. The highest BCUT2D eigenvalue weighted by Gasteiger charge is 2.19. The number of nitrogen functional groups attached to an aromatic ring is 1. The van der Waals surface area contributed by atoms with E-state index in [4.69, 9.17) is 22.0 Å². The first-order valence-electron chi connectivity index (χ1n) is 8.36. The van der Waals surface area contributed by atoms with Gasteiger partial charge in [0.05, 0.1) is 29.4 Å². The lowest BCUT2D eigenvalue weighted by Crippen LogP contribution is -2.26. The summed E-state index contributed by atoms with van der Waals surface area (Å²) in [4.78, 5) is 19.5. The van der Waals surface area contributed by atoms with Gasteiger partial charge in [-0.05, 0) is 18.2 Å². The highest BCUT2D eigenvalue weighted by molar-refractivity contribution is 6.10. The molecule has 0 bridgehead atoms. The molecule has 0 spiro atoms. The molecule has 0 atom stereocenters. The first kappa shape index (κ1) is 19.0. The summed E-state index contributed by atoms with van der Waals surface area (Å²) in [7, 11) is 4.66. The second-order valence-electron chi connectivity index (χ2n) is 6.05. The van der Waals surface area contributed by atoms with E-state index in [2.05, 4.69) is 20.4 Å². The fraction of sp³-hybridized carbons (Fsp3) is 0.167. The number of amides is 1. The number of aromatic nitrogens is 2. The number of fused-ring (bicyclic) bond motifs is 1. The maximum Gasteiger partial charge on any atom is 0.253 e. The molecule has 3 aromatic rings. The Balaban J connectivity index is 2.23.